The zero-order chi connectivity index (χ0) is 20.3. The van der Waals surface area contributed by atoms with Crippen LogP contribution in [-0.4, -0.2) is 32.2 Å². The Bertz CT molecular complexity index is 987. The summed E-state index contributed by atoms with van der Waals surface area (Å²) in [6, 6.07) is 14.1. The third-order valence-electron chi connectivity index (χ3n) is 3.72. The fourth-order valence-electron chi connectivity index (χ4n) is 2.47. The molecule has 0 aliphatic rings. The number of carbonyl (C=O) groups is 2. The van der Waals surface area contributed by atoms with Gasteiger partial charge in [0, 0.05) is 11.8 Å². The summed E-state index contributed by atoms with van der Waals surface area (Å²) in [6.45, 7) is 7.21. The van der Waals surface area contributed by atoms with Gasteiger partial charge in [-0.2, -0.15) is 5.10 Å². The Kier molecular flexibility index (Phi) is 5.26. The lowest BCUT2D eigenvalue weighted by atomic mass is 10.2. The number of hydrogen-bond acceptors (Lipinski definition) is 5. The number of ether oxygens (including phenoxy) is 1. The number of nitrogens with one attached hydrogen (secondary N) is 1. The van der Waals surface area contributed by atoms with E-state index < -0.39 is 17.5 Å². The molecule has 0 fully saturated rings. The van der Waals surface area contributed by atoms with E-state index in [-0.39, 0.29) is 11.4 Å². The summed E-state index contributed by atoms with van der Waals surface area (Å²) in [6.07, 6.45) is 1.57. The molecule has 1 amide bonds. The molecule has 0 aliphatic heterocycles. The quantitative estimate of drug-likeness (QED) is 0.698. The van der Waals surface area contributed by atoms with Crippen LogP contribution in [0.1, 0.15) is 47.4 Å². The zero-order valence-electron chi connectivity index (χ0n) is 16.3. The lowest BCUT2D eigenvalue weighted by Gasteiger charge is -2.19. The molecule has 0 unspecified atom stereocenters. The highest BCUT2D eigenvalue weighted by molar-refractivity contribution is 6.04. The molecule has 0 aliphatic carbocycles. The summed E-state index contributed by atoms with van der Waals surface area (Å²) in [4.78, 5) is 29.4. The molecular weight excluding hydrogens is 356 g/mol. The van der Waals surface area contributed by atoms with Gasteiger partial charge in [-0.1, -0.05) is 18.2 Å². The van der Waals surface area contributed by atoms with Crippen LogP contribution < -0.4 is 5.32 Å². The molecule has 0 bridgehead atoms. The van der Waals surface area contributed by atoms with Crippen LogP contribution in [0.4, 0.5) is 5.69 Å². The normalized spacial score (nSPS) is 11.1. The van der Waals surface area contributed by atoms with E-state index in [1.54, 1.807) is 51.2 Å². The predicted molar refractivity (Wildman–Crippen MR) is 106 cm³/mol. The number of benzene rings is 1. The van der Waals surface area contributed by atoms with E-state index in [1.165, 1.54) is 10.7 Å². The monoisotopic (exact) mass is 378 g/mol. The predicted octanol–water partition coefficient (Wildman–Crippen LogP) is 3.78. The first-order chi connectivity index (χ1) is 13.2. The minimum atomic E-state index is -0.668. The number of para-hydroxylation sites is 1. The molecule has 0 radical (unpaired) electrons. The fraction of sp³-hybridized carbons (Fsp3) is 0.238. The minimum Gasteiger partial charge on any atom is -0.455 e. The van der Waals surface area contributed by atoms with Crippen molar-refractivity contribution in [1.82, 2.24) is 14.8 Å². The van der Waals surface area contributed by atoms with Gasteiger partial charge in [0.15, 0.2) is 11.4 Å². The first kappa shape index (κ1) is 19.3. The Morgan fingerprint density at radius 3 is 2.39 bits per heavy atom. The Balaban J connectivity index is 1.95. The van der Waals surface area contributed by atoms with E-state index in [4.69, 9.17) is 4.74 Å². The maximum Gasteiger partial charge on any atom is 0.357 e. The molecule has 0 spiro atoms. The Morgan fingerprint density at radius 2 is 1.79 bits per heavy atom. The first-order valence-corrected chi connectivity index (χ1v) is 8.86. The summed E-state index contributed by atoms with van der Waals surface area (Å²) < 4.78 is 6.88. The largest absolute Gasteiger partial charge is 0.455 e. The van der Waals surface area contributed by atoms with Crippen molar-refractivity contribution in [3.8, 4) is 5.69 Å². The van der Waals surface area contributed by atoms with Crippen molar-refractivity contribution < 1.29 is 14.3 Å². The molecule has 1 N–H and O–H groups in total. The highest BCUT2D eigenvalue weighted by Gasteiger charge is 2.25. The van der Waals surface area contributed by atoms with Crippen LogP contribution in [0.5, 0.6) is 0 Å². The lowest BCUT2D eigenvalue weighted by molar-refractivity contribution is 0.00593. The summed E-state index contributed by atoms with van der Waals surface area (Å²) in [5, 5.41) is 7.06. The fourth-order valence-corrected chi connectivity index (χ4v) is 2.47. The number of carbonyl (C=O) groups excluding carboxylic acids is 2. The second kappa shape index (κ2) is 7.64. The van der Waals surface area contributed by atoms with E-state index in [0.29, 0.717) is 11.4 Å². The van der Waals surface area contributed by atoms with Gasteiger partial charge >= 0.3 is 5.97 Å². The molecule has 2 aromatic heterocycles. The van der Waals surface area contributed by atoms with Gasteiger partial charge in [-0.25, -0.2) is 9.48 Å². The zero-order valence-corrected chi connectivity index (χ0v) is 16.3. The SMILES string of the molecule is Cc1ccc(NC(=O)c2cc(C(=O)OC(C)(C)C)n(-c3ccccc3)n2)cn1. The van der Waals surface area contributed by atoms with Crippen molar-refractivity contribution in [2.75, 3.05) is 5.32 Å². The number of rotatable bonds is 4. The van der Waals surface area contributed by atoms with Crippen LogP contribution in [-0.2, 0) is 4.74 Å². The average Bonchev–Trinajstić information content (AvgIpc) is 3.09. The molecule has 144 valence electrons. The second-order valence-electron chi connectivity index (χ2n) is 7.31. The third-order valence-corrected chi connectivity index (χ3v) is 3.72. The number of hydrogen-bond donors (Lipinski definition) is 1. The molecule has 0 saturated heterocycles. The summed E-state index contributed by atoms with van der Waals surface area (Å²) in [5.74, 6) is -0.995. The molecule has 3 rings (SSSR count). The molecule has 2 heterocycles. The summed E-state index contributed by atoms with van der Waals surface area (Å²) >= 11 is 0. The average molecular weight is 378 g/mol. The molecule has 1 aromatic carbocycles. The number of pyridine rings is 1. The molecule has 0 atom stereocenters. The summed E-state index contributed by atoms with van der Waals surface area (Å²) in [5.41, 5.74) is 1.65. The summed E-state index contributed by atoms with van der Waals surface area (Å²) in [7, 11) is 0. The topological polar surface area (TPSA) is 86.1 Å². The maximum atomic E-state index is 12.7. The first-order valence-electron chi connectivity index (χ1n) is 8.86. The molecule has 7 nitrogen and oxygen atoms in total. The number of nitrogens with zero attached hydrogens (tertiary/aromatic N) is 3. The van der Waals surface area contributed by atoms with Gasteiger partial charge in [0.1, 0.15) is 5.60 Å². The van der Waals surface area contributed by atoms with Gasteiger partial charge in [0.2, 0.25) is 0 Å². The number of esters is 1. The third kappa shape index (κ3) is 4.62. The van der Waals surface area contributed by atoms with Crippen molar-refractivity contribution >= 4 is 17.6 Å². The van der Waals surface area contributed by atoms with Crippen LogP contribution in [0.15, 0.2) is 54.7 Å². The van der Waals surface area contributed by atoms with E-state index in [9.17, 15) is 9.59 Å². The molecule has 0 saturated carbocycles. The molecular formula is C21H22N4O3. The smallest absolute Gasteiger partial charge is 0.357 e. The van der Waals surface area contributed by atoms with Crippen molar-refractivity contribution in [3.63, 3.8) is 0 Å². The van der Waals surface area contributed by atoms with Gasteiger partial charge in [-0.15, -0.1) is 0 Å². The van der Waals surface area contributed by atoms with E-state index in [1.807, 2.05) is 25.1 Å². The Labute approximate surface area is 163 Å². The lowest BCUT2D eigenvalue weighted by Crippen LogP contribution is -2.25. The Hall–Kier alpha value is -3.48. The van der Waals surface area contributed by atoms with Crippen LogP contribution >= 0.6 is 0 Å². The highest BCUT2D eigenvalue weighted by Crippen LogP contribution is 2.18. The van der Waals surface area contributed by atoms with Crippen LogP contribution in [0.3, 0.4) is 0 Å². The van der Waals surface area contributed by atoms with Gasteiger partial charge in [-0.05, 0) is 52.0 Å². The Morgan fingerprint density at radius 1 is 1.07 bits per heavy atom. The van der Waals surface area contributed by atoms with Crippen molar-refractivity contribution in [2.45, 2.75) is 33.3 Å². The van der Waals surface area contributed by atoms with Crippen molar-refractivity contribution in [1.29, 1.82) is 0 Å². The number of aryl methyl sites for hydroxylation is 1. The van der Waals surface area contributed by atoms with Crippen LogP contribution in [0, 0.1) is 6.92 Å². The number of aromatic nitrogens is 3. The maximum absolute atomic E-state index is 12.7. The number of anilines is 1. The van der Waals surface area contributed by atoms with Gasteiger partial charge in [-0.3, -0.25) is 9.78 Å². The standard InChI is InChI=1S/C21H22N4O3/c1-14-10-11-15(13-22-14)23-19(26)17-12-18(20(27)28-21(2,3)4)25(24-17)16-8-6-5-7-9-16/h5-13H,1-4H3,(H,23,26). The van der Waals surface area contributed by atoms with Gasteiger partial charge in [0.05, 0.1) is 17.6 Å². The van der Waals surface area contributed by atoms with Crippen LogP contribution in [0.25, 0.3) is 5.69 Å². The highest BCUT2D eigenvalue weighted by atomic mass is 16.6. The number of amides is 1. The van der Waals surface area contributed by atoms with Crippen LogP contribution in [0.2, 0.25) is 0 Å². The van der Waals surface area contributed by atoms with E-state index in [2.05, 4.69) is 15.4 Å². The van der Waals surface area contributed by atoms with Gasteiger partial charge in [0.25, 0.3) is 5.91 Å². The molecule has 3 aromatic rings. The van der Waals surface area contributed by atoms with Crippen molar-refractivity contribution in [2.24, 2.45) is 0 Å². The second-order valence-corrected chi connectivity index (χ2v) is 7.31. The molecule has 7 heteroatoms. The molecule has 28 heavy (non-hydrogen) atoms. The van der Waals surface area contributed by atoms with Crippen molar-refractivity contribution in [3.05, 3.63) is 71.8 Å². The van der Waals surface area contributed by atoms with E-state index in [0.717, 1.165) is 5.69 Å². The minimum absolute atomic E-state index is 0.102. The van der Waals surface area contributed by atoms with E-state index >= 15 is 0 Å². The van der Waals surface area contributed by atoms with Gasteiger partial charge < -0.3 is 10.1 Å².